The number of anilines is 1. The van der Waals surface area contributed by atoms with E-state index < -0.39 is 0 Å². The van der Waals surface area contributed by atoms with Crippen LogP contribution in [0.5, 0.6) is 0 Å². The van der Waals surface area contributed by atoms with Gasteiger partial charge in [0, 0.05) is 25.3 Å². The Balaban J connectivity index is 2.01. The van der Waals surface area contributed by atoms with Gasteiger partial charge in [-0.15, -0.1) is 0 Å². The molecule has 1 aromatic carbocycles. The van der Waals surface area contributed by atoms with E-state index in [2.05, 4.69) is 20.2 Å². The third-order valence-electron chi connectivity index (χ3n) is 3.33. The van der Waals surface area contributed by atoms with Gasteiger partial charge in [-0.1, -0.05) is 0 Å². The van der Waals surface area contributed by atoms with Gasteiger partial charge in [-0.3, -0.25) is 4.79 Å². The molecular weight excluding hydrogens is 228 g/mol. The van der Waals surface area contributed by atoms with Crippen LogP contribution in [0.1, 0.15) is 6.42 Å². The molecule has 1 fully saturated rings. The van der Waals surface area contributed by atoms with Gasteiger partial charge in [0.05, 0.1) is 17.2 Å². The molecule has 5 nitrogen and oxygen atoms in total. The lowest BCUT2D eigenvalue weighted by atomic mass is 10.2. The van der Waals surface area contributed by atoms with Crippen LogP contribution >= 0.6 is 0 Å². The first-order valence-electron chi connectivity index (χ1n) is 6.28. The van der Waals surface area contributed by atoms with E-state index in [1.807, 2.05) is 18.2 Å². The Hall–Kier alpha value is -1.88. The van der Waals surface area contributed by atoms with Crippen LogP contribution in [0.4, 0.5) is 5.69 Å². The first-order valence-corrected chi connectivity index (χ1v) is 6.28. The Kier molecular flexibility index (Phi) is 2.98. The topological polar surface area (TPSA) is 61.0 Å². The number of aromatic nitrogens is 2. The van der Waals surface area contributed by atoms with Gasteiger partial charge in [-0.05, 0) is 31.2 Å². The van der Waals surface area contributed by atoms with Crippen molar-refractivity contribution in [1.82, 2.24) is 15.3 Å². The van der Waals surface area contributed by atoms with Crippen molar-refractivity contribution >= 4 is 16.6 Å². The molecule has 2 heterocycles. The van der Waals surface area contributed by atoms with Crippen LogP contribution in [-0.2, 0) is 0 Å². The van der Waals surface area contributed by atoms with E-state index in [9.17, 15) is 4.79 Å². The van der Waals surface area contributed by atoms with Crippen molar-refractivity contribution in [2.75, 3.05) is 31.1 Å². The molecule has 3 rings (SSSR count). The summed E-state index contributed by atoms with van der Waals surface area (Å²) in [6, 6.07) is 5.89. The monoisotopic (exact) mass is 244 g/mol. The lowest BCUT2D eigenvalue weighted by Gasteiger charge is -2.22. The van der Waals surface area contributed by atoms with Gasteiger partial charge >= 0.3 is 0 Å². The molecule has 5 heteroatoms. The van der Waals surface area contributed by atoms with Crippen LogP contribution in [0.2, 0.25) is 0 Å². The first kappa shape index (κ1) is 11.2. The number of hydrogen-bond donors (Lipinski definition) is 2. The van der Waals surface area contributed by atoms with E-state index in [0.29, 0.717) is 5.39 Å². The van der Waals surface area contributed by atoms with Crippen molar-refractivity contribution in [1.29, 1.82) is 0 Å². The number of H-pyrrole nitrogens is 1. The number of nitrogens with zero attached hydrogens (tertiary/aromatic N) is 2. The molecule has 1 aromatic heterocycles. The predicted molar refractivity (Wildman–Crippen MR) is 72.1 cm³/mol. The molecule has 0 aliphatic carbocycles. The number of benzene rings is 1. The minimum Gasteiger partial charge on any atom is -0.370 e. The molecule has 2 N–H and O–H groups in total. The SMILES string of the molecule is O=c1[nH]cnc2ccc(N3CCCNCC3)cc12. The van der Waals surface area contributed by atoms with Crippen LogP contribution in [0, 0.1) is 0 Å². The molecule has 0 saturated carbocycles. The molecule has 0 amide bonds. The minimum absolute atomic E-state index is 0.0743. The van der Waals surface area contributed by atoms with Gasteiger partial charge < -0.3 is 15.2 Å². The molecule has 18 heavy (non-hydrogen) atoms. The zero-order chi connectivity index (χ0) is 12.4. The summed E-state index contributed by atoms with van der Waals surface area (Å²) in [5.74, 6) is 0. The minimum atomic E-state index is -0.0743. The molecule has 2 aromatic rings. The number of aromatic amines is 1. The first-order chi connectivity index (χ1) is 8.84. The summed E-state index contributed by atoms with van der Waals surface area (Å²) in [5, 5.41) is 4.03. The summed E-state index contributed by atoms with van der Waals surface area (Å²) >= 11 is 0. The fourth-order valence-corrected chi connectivity index (χ4v) is 2.36. The Morgan fingerprint density at radius 1 is 1.22 bits per heavy atom. The van der Waals surface area contributed by atoms with E-state index >= 15 is 0 Å². The zero-order valence-corrected chi connectivity index (χ0v) is 10.1. The van der Waals surface area contributed by atoms with Crippen LogP contribution in [0.25, 0.3) is 10.9 Å². The number of rotatable bonds is 1. The van der Waals surface area contributed by atoms with Crippen molar-refractivity contribution in [2.45, 2.75) is 6.42 Å². The van der Waals surface area contributed by atoms with Gasteiger partial charge in [0.25, 0.3) is 5.56 Å². The van der Waals surface area contributed by atoms with Gasteiger partial charge in [0.15, 0.2) is 0 Å². The standard InChI is InChI=1S/C13H16N4O/c18-13-11-8-10(2-3-12(11)15-9-16-13)17-6-1-4-14-5-7-17/h2-3,8-9,14H,1,4-7H2,(H,15,16,18). The molecule has 0 radical (unpaired) electrons. The third kappa shape index (κ3) is 2.09. The van der Waals surface area contributed by atoms with E-state index in [1.165, 1.54) is 6.33 Å². The predicted octanol–water partition coefficient (Wildman–Crippen LogP) is 0.723. The van der Waals surface area contributed by atoms with Crippen molar-refractivity contribution in [3.63, 3.8) is 0 Å². The molecule has 1 saturated heterocycles. The summed E-state index contributed by atoms with van der Waals surface area (Å²) in [6.07, 6.45) is 2.57. The average molecular weight is 244 g/mol. The fraction of sp³-hybridized carbons (Fsp3) is 0.385. The van der Waals surface area contributed by atoms with Crippen LogP contribution in [0.3, 0.4) is 0 Å². The van der Waals surface area contributed by atoms with Crippen LogP contribution in [-0.4, -0.2) is 36.1 Å². The largest absolute Gasteiger partial charge is 0.370 e. The quantitative estimate of drug-likeness (QED) is 0.776. The molecule has 1 aliphatic heterocycles. The van der Waals surface area contributed by atoms with Crippen LogP contribution in [0.15, 0.2) is 29.3 Å². The van der Waals surface area contributed by atoms with E-state index in [1.54, 1.807) is 0 Å². The van der Waals surface area contributed by atoms with E-state index in [4.69, 9.17) is 0 Å². The molecule has 0 bridgehead atoms. The second-order valence-corrected chi connectivity index (χ2v) is 4.52. The Bertz CT molecular complexity index is 599. The normalized spacial score (nSPS) is 16.8. The lowest BCUT2D eigenvalue weighted by molar-refractivity contribution is 0.724. The zero-order valence-electron chi connectivity index (χ0n) is 10.1. The van der Waals surface area contributed by atoms with Crippen molar-refractivity contribution < 1.29 is 0 Å². The lowest BCUT2D eigenvalue weighted by Crippen LogP contribution is -2.27. The molecular formula is C13H16N4O. The molecule has 0 unspecified atom stereocenters. The van der Waals surface area contributed by atoms with Gasteiger partial charge in [-0.25, -0.2) is 4.98 Å². The summed E-state index contributed by atoms with van der Waals surface area (Å²) in [7, 11) is 0. The van der Waals surface area contributed by atoms with Gasteiger partial charge in [0.1, 0.15) is 0 Å². The second-order valence-electron chi connectivity index (χ2n) is 4.52. The third-order valence-corrected chi connectivity index (χ3v) is 3.33. The van der Waals surface area contributed by atoms with E-state index in [0.717, 1.165) is 43.8 Å². The molecule has 0 atom stereocenters. The summed E-state index contributed by atoms with van der Waals surface area (Å²) < 4.78 is 0. The Morgan fingerprint density at radius 3 is 3.11 bits per heavy atom. The summed E-state index contributed by atoms with van der Waals surface area (Å²) in [4.78, 5) is 20.8. The van der Waals surface area contributed by atoms with Gasteiger partial charge in [0.2, 0.25) is 0 Å². The van der Waals surface area contributed by atoms with Crippen molar-refractivity contribution in [3.8, 4) is 0 Å². The maximum atomic E-state index is 11.8. The van der Waals surface area contributed by atoms with E-state index in [-0.39, 0.29) is 5.56 Å². The molecule has 0 spiro atoms. The van der Waals surface area contributed by atoms with Crippen molar-refractivity contribution in [2.24, 2.45) is 0 Å². The molecule has 1 aliphatic rings. The van der Waals surface area contributed by atoms with Crippen LogP contribution < -0.4 is 15.8 Å². The highest BCUT2D eigenvalue weighted by atomic mass is 16.1. The number of nitrogens with one attached hydrogen (secondary N) is 2. The summed E-state index contributed by atoms with van der Waals surface area (Å²) in [6.45, 7) is 4.05. The molecule has 94 valence electrons. The van der Waals surface area contributed by atoms with Gasteiger partial charge in [-0.2, -0.15) is 0 Å². The summed E-state index contributed by atoms with van der Waals surface area (Å²) in [5.41, 5.74) is 1.77. The fourth-order valence-electron chi connectivity index (χ4n) is 2.36. The maximum absolute atomic E-state index is 11.8. The number of fused-ring (bicyclic) bond motifs is 1. The Labute approximate surface area is 105 Å². The highest BCUT2D eigenvalue weighted by Crippen LogP contribution is 2.19. The highest BCUT2D eigenvalue weighted by Gasteiger charge is 2.10. The smallest absolute Gasteiger partial charge is 0.258 e. The second kappa shape index (κ2) is 4.78. The Morgan fingerprint density at radius 2 is 2.17 bits per heavy atom. The number of hydrogen-bond acceptors (Lipinski definition) is 4. The van der Waals surface area contributed by atoms with Crippen molar-refractivity contribution in [3.05, 3.63) is 34.9 Å². The maximum Gasteiger partial charge on any atom is 0.258 e. The average Bonchev–Trinajstić information content (AvgIpc) is 2.68. The highest BCUT2D eigenvalue weighted by molar-refractivity contribution is 5.81.